The third kappa shape index (κ3) is 4.51. The number of amides is 2. The van der Waals surface area contributed by atoms with E-state index in [2.05, 4.69) is 15.3 Å². The van der Waals surface area contributed by atoms with Crippen LogP contribution in [0.1, 0.15) is 57.0 Å². The summed E-state index contributed by atoms with van der Waals surface area (Å²) in [5.74, 6) is 0.00162. The van der Waals surface area contributed by atoms with Crippen molar-refractivity contribution in [2.75, 3.05) is 0 Å². The maximum absolute atomic E-state index is 13.4. The Balaban J connectivity index is 1.32. The molecule has 2 saturated carbocycles. The van der Waals surface area contributed by atoms with Crippen molar-refractivity contribution in [1.29, 1.82) is 0 Å². The van der Waals surface area contributed by atoms with E-state index < -0.39 is 0 Å². The molecule has 1 N–H and O–H groups in total. The van der Waals surface area contributed by atoms with E-state index in [1.807, 2.05) is 54.3 Å². The van der Waals surface area contributed by atoms with Gasteiger partial charge in [-0.15, -0.1) is 11.3 Å². The number of carbonyl (C=O) groups excluding carboxylic acids is 2. The lowest BCUT2D eigenvalue weighted by Crippen LogP contribution is -2.32. The molecular weight excluding hydrogens is 408 g/mol. The Kier molecular flexibility index (Phi) is 5.28. The summed E-state index contributed by atoms with van der Waals surface area (Å²) in [6, 6.07) is 13.9. The van der Waals surface area contributed by atoms with Gasteiger partial charge in [0.25, 0.3) is 11.8 Å². The minimum atomic E-state index is -0.0217. The van der Waals surface area contributed by atoms with Crippen LogP contribution in [0.3, 0.4) is 0 Å². The van der Waals surface area contributed by atoms with Gasteiger partial charge in [0.1, 0.15) is 9.88 Å². The van der Waals surface area contributed by atoms with Crippen molar-refractivity contribution >= 4 is 23.2 Å². The van der Waals surface area contributed by atoms with Crippen LogP contribution < -0.4 is 5.32 Å². The molecule has 31 heavy (non-hydrogen) atoms. The third-order valence-electron chi connectivity index (χ3n) is 5.60. The summed E-state index contributed by atoms with van der Waals surface area (Å²) in [5, 5.41) is 3.77. The van der Waals surface area contributed by atoms with E-state index >= 15 is 0 Å². The first-order valence-electron chi connectivity index (χ1n) is 10.7. The number of pyridine rings is 1. The van der Waals surface area contributed by atoms with E-state index in [0.717, 1.165) is 47.6 Å². The molecule has 7 heteroatoms. The van der Waals surface area contributed by atoms with Gasteiger partial charge in [-0.1, -0.05) is 18.2 Å². The van der Waals surface area contributed by atoms with Gasteiger partial charge in [0.15, 0.2) is 0 Å². The molecule has 2 heterocycles. The van der Waals surface area contributed by atoms with Gasteiger partial charge >= 0.3 is 0 Å². The SMILES string of the molecule is Cc1nc(-c2ccccn2)sc1C(=O)N(Cc1ccc(C(=O)NC2CC2)cc1)C1CC1. The van der Waals surface area contributed by atoms with Crippen LogP contribution in [0.2, 0.25) is 0 Å². The van der Waals surface area contributed by atoms with Crippen LogP contribution in [-0.4, -0.2) is 38.8 Å². The van der Waals surface area contributed by atoms with E-state index in [4.69, 9.17) is 0 Å². The molecule has 0 radical (unpaired) electrons. The van der Waals surface area contributed by atoms with Crippen LogP contribution in [0.15, 0.2) is 48.7 Å². The number of nitrogens with one attached hydrogen (secondary N) is 1. The van der Waals surface area contributed by atoms with Gasteiger partial charge in [0, 0.05) is 30.4 Å². The molecule has 2 fully saturated rings. The van der Waals surface area contributed by atoms with Gasteiger partial charge < -0.3 is 10.2 Å². The zero-order valence-electron chi connectivity index (χ0n) is 17.4. The second-order valence-electron chi connectivity index (χ2n) is 8.26. The molecule has 3 aromatic rings. The highest BCUT2D eigenvalue weighted by molar-refractivity contribution is 7.17. The van der Waals surface area contributed by atoms with Crippen molar-refractivity contribution in [2.45, 2.75) is 51.2 Å². The number of carbonyl (C=O) groups is 2. The summed E-state index contributed by atoms with van der Waals surface area (Å²) in [5.41, 5.74) is 3.22. The molecular formula is C24H24N4O2S. The summed E-state index contributed by atoms with van der Waals surface area (Å²) in [7, 11) is 0. The molecule has 2 aliphatic rings. The van der Waals surface area contributed by atoms with Crippen molar-refractivity contribution in [3.05, 3.63) is 70.4 Å². The summed E-state index contributed by atoms with van der Waals surface area (Å²) in [4.78, 5) is 37.2. The van der Waals surface area contributed by atoms with E-state index in [9.17, 15) is 9.59 Å². The van der Waals surface area contributed by atoms with E-state index in [1.165, 1.54) is 11.3 Å². The Bertz CT molecular complexity index is 1100. The lowest BCUT2D eigenvalue weighted by atomic mass is 10.1. The lowest BCUT2D eigenvalue weighted by Gasteiger charge is -2.22. The number of hydrogen-bond donors (Lipinski definition) is 1. The largest absolute Gasteiger partial charge is 0.349 e. The highest BCUT2D eigenvalue weighted by atomic mass is 32.1. The molecule has 158 valence electrons. The van der Waals surface area contributed by atoms with Crippen LogP contribution in [0.25, 0.3) is 10.7 Å². The van der Waals surface area contributed by atoms with Crippen molar-refractivity contribution in [3.8, 4) is 10.7 Å². The molecule has 2 aromatic heterocycles. The molecule has 0 unspecified atom stereocenters. The van der Waals surface area contributed by atoms with Gasteiger partial charge in [-0.25, -0.2) is 4.98 Å². The minimum Gasteiger partial charge on any atom is -0.349 e. The smallest absolute Gasteiger partial charge is 0.266 e. The summed E-state index contributed by atoms with van der Waals surface area (Å²) >= 11 is 1.40. The number of aromatic nitrogens is 2. The zero-order chi connectivity index (χ0) is 21.4. The molecule has 0 saturated heterocycles. The fourth-order valence-electron chi connectivity index (χ4n) is 3.53. The molecule has 1 aromatic carbocycles. The predicted molar refractivity (Wildman–Crippen MR) is 120 cm³/mol. The van der Waals surface area contributed by atoms with Crippen molar-refractivity contribution in [3.63, 3.8) is 0 Å². The highest BCUT2D eigenvalue weighted by Crippen LogP contribution is 2.33. The van der Waals surface area contributed by atoms with E-state index in [0.29, 0.717) is 23.0 Å². The fourth-order valence-corrected chi connectivity index (χ4v) is 4.53. The van der Waals surface area contributed by atoms with Gasteiger partial charge in [-0.3, -0.25) is 14.6 Å². The van der Waals surface area contributed by atoms with Crippen molar-refractivity contribution < 1.29 is 9.59 Å². The number of thiazole rings is 1. The maximum Gasteiger partial charge on any atom is 0.266 e. The third-order valence-corrected chi connectivity index (χ3v) is 6.77. The summed E-state index contributed by atoms with van der Waals surface area (Å²) in [6.07, 6.45) is 5.93. The molecule has 0 spiro atoms. The molecule has 2 amide bonds. The average Bonchev–Trinajstić information content (AvgIpc) is 3.72. The average molecular weight is 433 g/mol. The molecule has 0 atom stereocenters. The number of benzene rings is 1. The number of hydrogen-bond acceptors (Lipinski definition) is 5. The zero-order valence-corrected chi connectivity index (χ0v) is 18.2. The monoisotopic (exact) mass is 432 g/mol. The van der Waals surface area contributed by atoms with Crippen LogP contribution in [0, 0.1) is 6.92 Å². The molecule has 0 aliphatic heterocycles. The topological polar surface area (TPSA) is 75.2 Å². The lowest BCUT2D eigenvalue weighted by molar-refractivity contribution is 0.0733. The van der Waals surface area contributed by atoms with Crippen LogP contribution in [0.4, 0.5) is 0 Å². The predicted octanol–water partition coefficient (Wildman–Crippen LogP) is 4.21. The molecule has 0 bridgehead atoms. The molecule has 6 nitrogen and oxygen atoms in total. The molecule has 5 rings (SSSR count). The first kappa shape index (κ1) is 19.9. The Hall–Kier alpha value is -3.06. The number of aryl methyl sites for hydroxylation is 1. The normalized spacial score (nSPS) is 15.5. The van der Waals surface area contributed by atoms with Gasteiger partial charge in [0.05, 0.1) is 11.4 Å². The minimum absolute atomic E-state index is 0.0217. The van der Waals surface area contributed by atoms with Crippen molar-refractivity contribution in [1.82, 2.24) is 20.2 Å². The Morgan fingerprint density at radius 3 is 2.52 bits per heavy atom. The van der Waals surface area contributed by atoms with Crippen LogP contribution >= 0.6 is 11.3 Å². The van der Waals surface area contributed by atoms with Gasteiger partial charge in [-0.05, 0) is 62.4 Å². The Morgan fingerprint density at radius 1 is 1.10 bits per heavy atom. The fraction of sp³-hybridized carbons (Fsp3) is 0.333. The van der Waals surface area contributed by atoms with Gasteiger partial charge in [-0.2, -0.15) is 0 Å². The highest BCUT2D eigenvalue weighted by Gasteiger charge is 2.35. The quantitative estimate of drug-likeness (QED) is 0.607. The number of rotatable bonds is 7. The van der Waals surface area contributed by atoms with Gasteiger partial charge in [0.2, 0.25) is 0 Å². The first-order valence-corrected chi connectivity index (χ1v) is 11.5. The number of nitrogens with zero attached hydrogens (tertiary/aromatic N) is 3. The maximum atomic E-state index is 13.4. The van der Waals surface area contributed by atoms with Crippen LogP contribution in [0.5, 0.6) is 0 Å². The first-order chi connectivity index (χ1) is 15.1. The summed E-state index contributed by atoms with van der Waals surface area (Å²) in [6.45, 7) is 2.42. The summed E-state index contributed by atoms with van der Waals surface area (Å²) < 4.78 is 0. The second kappa shape index (κ2) is 8.23. The Labute approximate surface area is 185 Å². The second-order valence-corrected chi connectivity index (χ2v) is 9.26. The molecule has 2 aliphatic carbocycles. The Morgan fingerprint density at radius 2 is 1.87 bits per heavy atom. The standard InChI is InChI=1S/C24H24N4O2S/c1-15-21(31-23(26-15)20-4-2-3-13-25-20)24(30)28(19-11-12-19)14-16-5-7-17(8-6-16)22(29)27-18-9-10-18/h2-8,13,18-19H,9-12,14H2,1H3,(H,27,29). The van der Waals surface area contributed by atoms with E-state index in [-0.39, 0.29) is 17.9 Å². The van der Waals surface area contributed by atoms with Crippen LogP contribution in [-0.2, 0) is 6.54 Å². The van der Waals surface area contributed by atoms with E-state index in [1.54, 1.807) is 6.20 Å². The van der Waals surface area contributed by atoms with Crippen molar-refractivity contribution in [2.24, 2.45) is 0 Å².